The van der Waals surface area contributed by atoms with Gasteiger partial charge in [-0.05, 0) is 35.4 Å². The van der Waals surface area contributed by atoms with Crippen molar-refractivity contribution < 1.29 is 27.4 Å². The molecule has 2 aliphatic rings. The van der Waals surface area contributed by atoms with E-state index >= 15 is 0 Å². The van der Waals surface area contributed by atoms with E-state index in [-0.39, 0.29) is 11.9 Å². The number of hydrogen-bond acceptors (Lipinski definition) is 3. The summed E-state index contributed by atoms with van der Waals surface area (Å²) < 4.78 is 49.3. The number of rotatable bonds is 1. The van der Waals surface area contributed by atoms with Gasteiger partial charge in [-0.3, -0.25) is 4.79 Å². The molecule has 0 aliphatic carbocycles. The Labute approximate surface area is 148 Å². The third-order valence-electron chi connectivity index (χ3n) is 4.68. The first kappa shape index (κ1) is 16.9. The largest absolute Gasteiger partial charge is 0.491 e. The zero-order valence-electron chi connectivity index (χ0n) is 13.8. The van der Waals surface area contributed by atoms with Crippen molar-refractivity contribution in [3.63, 3.8) is 0 Å². The second kappa shape index (κ2) is 6.32. The Morgan fingerprint density at radius 2 is 1.73 bits per heavy atom. The zero-order valence-corrected chi connectivity index (χ0v) is 13.8. The van der Waals surface area contributed by atoms with E-state index in [1.165, 1.54) is 12.1 Å². The van der Waals surface area contributed by atoms with Gasteiger partial charge in [0, 0.05) is 6.54 Å². The highest BCUT2D eigenvalue weighted by Gasteiger charge is 2.33. The molecule has 2 aliphatic heterocycles. The molecule has 4 nitrogen and oxygen atoms in total. The number of alkyl halides is 3. The van der Waals surface area contributed by atoms with Crippen LogP contribution in [0.2, 0.25) is 0 Å². The van der Waals surface area contributed by atoms with Crippen LogP contribution in [0.3, 0.4) is 0 Å². The summed E-state index contributed by atoms with van der Waals surface area (Å²) in [6.07, 6.45) is -4.37. The van der Waals surface area contributed by atoms with Crippen LogP contribution in [0.1, 0.15) is 15.9 Å². The minimum absolute atomic E-state index is 0.127. The van der Waals surface area contributed by atoms with Crippen LogP contribution < -0.4 is 4.74 Å². The lowest BCUT2D eigenvalue weighted by Gasteiger charge is -2.33. The molecule has 0 N–H and O–H groups in total. The summed E-state index contributed by atoms with van der Waals surface area (Å²) in [6, 6.07) is 9.88. The summed E-state index contributed by atoms with van der Waals surface area (Å²) in [5.41, 5.74) is 0.996. The van der Waals surface area contributed by atoms with Gasteiger partial charge in [0.15, 0.2) is 0 Å². The second-order valence-corrected chi connectivity index (χ2v) is 6.32. The highest BCUT2D eigenvalue weighted by molar-refractivity contribution is 5.98. The molecule has 136 valence electrons. The Hall–Kier alpha value is -2.54. The number of nitrogens with zero attached hydrogens (tertiary/aromatic N) is 1. The van der Waals surface area contributed by atoms with Gasteiger partial charge in [-0.1, -0.05) is 18.2 Å². The van der Waals surface area contributed by atoms with Crippen LogP contribution in [-0.2, 0) is 10.9 Å². The maximum atomic E-state index is 12.9. The van der Waals surface area contributed by atoms with Crippen molar-refractivity contribution in [3.05, 3.63) is 53.6 Å². The highest BCUT2D eigenvalue weighted by Crippen LogP contribution is 2.33. The van der Waals surface area contributed by atoms with Crippen LogP contribution in [0.15, 0.2) is 42.5 Å². The molecule has 1 saturated heterocycles. The number of fused-ring (bicyclic) bond motifs is 2. The summed E-state index contributed by atoms with van der Waals surface area (Å²) in [5, 5.41) is 0. The van der Waals surface area contributed by atoms with Crippen LogP contribution in [0.4, 0.5) is 13.2 Å². The normalized spacial score (nSPS) is 20.0. The first-order chi connectivity index (χ1) is 12.4. The SMILES string of the molecule is O=C1c2cc(-c3ccc(C(F)(F)F)cc3)ccc2OCC2COCCN12. The molecule has 1 unspecified atom stereocenters. The lowest BCUT2D eigenvalue weighted by Crippen LogP contribution is -2.50. The molecular formula is C19H16F3NO3. The first-order valence-corrected chi connectivity index (χ1v) is 8.27. The van der Waals surface area contributed by atoms with E-state index in [9.17, 15) is 18.0 Å². The Kier molecular flexibility index (Phi) is 4.11. The van der Waals surface area contributed by atoms with E-state index in [1.807, 2.05) is 0 Å². The third kappa shape index (κ3) is 3.03. The lowest BCUT2D eigenvalue weighted by molar-refractivity contribution is -0.137. The molecule has 7 heteroatoms. The Morgan fingerprint density at radius 3 is 2.46 bits per heavy atom. The monoisotopic (exact) mass is 363 g/mol. The van der Waals surface area contributed by atoms with Gasteiger partial charge >= 0.3 is 6.18 Å². The van der Waals surface area contributed by atoms with Crippen molar-refractivity contribution in [2.45, 2.75) is 12.2 Å². The molecule has 2 heterocycles. The van der Waals surface area contributed by atoms with E-state index in [2.05, 4.69) is 0 Å². The van der Waals surface area contributed by atoms with Gasteiger partial charge in [-0.2, -0.15) is 13.2 Å². The van der Waals surface area contributed by atoms with Crippen molar-refractivity contribution >= 4 is 5.91 Å². The lowest BCUT2D eigenvalue weighted by atomic mass is 10.0. The summed E-state index contributed by atoms with van der Waals surface area (Å²) in [4.78, 5) is 14.6. The highest BCUT2D eigenvalue weighted by atomic mass is 19.4. The number of amides is 1. The molecule has 0 bridgehead atoms. The number of morpholine rings is 1. The average Bonchev–Trinajstić information content (AvgIpc) is 2.78. The van der Waals surface area contributed by atoms with E-state index in [0.29, 0.717) is 48.8 Å². The molecule has 2 aromatic carbocycles. The van der Waals surface area contributed by atoms with Gasteiger partial charge in [0.1, 0.15) is 12.4 Å². The molecular weight excluding hydrogens is 347 g/mol. The van der Waals surface area contributed by atoms with Crippen molar-refractivity contribution in [3.8, 4) is 16.9 Å². The van der Waals surface area contributed by atoms with E-state index in [0.717, 1.165) is 12.1 Å². The fourth-order valence-electron chi connectivity index (χ4n) is 3.26. The summed E-state index contributed by atoms with van der Waals surface area (Å²) in [7, 11) is 0. The summed E-state index contributed by atoms with van der Waals surface area (Å²) in [6.45, 7) is 1.77. The van der Waals surface area contributed by atoms with Crippen LogP contribution in [-0.4, -0.2) is 43.2 Å². The number of carbonyl (C=O) groups excluding carboxylic acids is 1. The van der Waals surface area contributed by atoms with Crippen molar-refractivity contribution in [1.82, 2.24) is 4.90 Å². The number of benzene rings is 2. The molecule has 0 spiro atoms. The minimum Gasteiger partial charge on any atom is -0.491 e. The van der Waals surface area contributed by atoms with Gasteiger partial charge in [-0.25, -0.2) is 0 Å². The zero-order chi connectivity index (χ0) is 18.3. The molecule has 1 atom stereocenters. The second-order valence-electron chi connectivity index (χ2n) is 6.32. The number of halogens is 3. The van der Waals surface area contributed by atoms with Gasteiger partial charge in [0.25, 0.3) is 5.91 Å². The van der Waals surface area contributed by atoms with E-state index in [1.54, 1.807) is 23.1 Å². The average molecular weight is 363 g/mol. The Bertz CT molecular complexity index is 833. The van der Waals surface area contributed by atoms with Crippen LogP contribution >= 0.6 is 0 Å². The topological polar surface area (TPSA) is 38.8 Å². The van der Waals surface area contributed by atoms with Crippen LogP contribution in [0, 0.1) is 0 Å². The molecule has 1 amide bonds. The Balaban J connectivity index is 1.68. The third-order valence-corrected chi connectivity index (χ3v) is 4.68. The van der Waals surface area contributed by atoms with Crippen molar-refractivity contribution in [2.75, 3.05) is 26.4 Å². The predicted molar refractivity (Wildman–Crippen MR) is 88.0 cm³/mol. The Morgan fingerprint density at radius 1 is 1.00 bits per heavy atom. The summed E-state index contributed by atoms with van der Waals surface area (Å²) >= 11 is 0. The van der Waals surface area contributed by atoms with Crippen LogP contribution in [0.25, 0.3) is 11.1 Å². The van der Waals surface area contributed by atoms with Crippen LogP contribution in [0.5, 0.6) is 5.75 Å². The molecule has 26 heavy (non-hydrogen) atoms. The van der Waals surface area contributed by atoms with E-state index < -0.39 is 11.7 Å². The molecule has 0 radical (unpaired) electrons. The maximum Gasteiger partial charge on any atom is 0.416 e. The number of carbonyl (C=O) groups is 1. The standard InChI is InChI=1S/C19H16F3NO3/c20-19(21,22)14-4-1-12(2-5-14)13-3-6-17-16(9-13)18(24)23-7-8-25-10-15(23)11-26-17/h1-6,9,15H,7-8,10-11H2. The first-order valence-electron chi connectivity index (χ1n) is 8.27. The van der Waals surface area contributed by atoms with Gasteiger partial charge < -0.3 is 14.4 Å². The molecule has 0 aromatic heterocycles. The molecule has 4 rings (SSSR count). The van der Waals surface area contributed by atoms with Crippen molar-refractivity contribution in [2.24, 2.45) is 0 Å². The molecule has 0 saturated carbocycles. The maximum absolute atomic E-state index is 12.9. The smallest absolute Gasteiger partial charge is 0.416 e. The fraction of sp³-hybridized carbons (Fsp3) is 0.316. The predicted octanol–water partition coefficient (Wildman–Crippen LogP) is 3.61. The van der Waals surface area contributed by atoms with Gasteiger partial charge in [0.2, 0.25) is 0 Å². The van der Waals surface area contributed by atoms with Gasteiger partial charge in [0.05, 0.1) is 30.4 Å². The summed E-state index contributed by atoms with van der Waals surface area (Å²) in [5.74, 6) is 0.347. The quantitative estimate of drug-likeness (QED) is 0.777. The molecule has 2 aromatic rings. The number of ether oxygens (including phenoxy) is 2. The van der Waals surface area contributed by atoms with E-state index in [4.69, 9.17) is 9.47 Å². The minimum atomic E-state index is -4.37. The fourth-order valence-corrected chi connectivity index (χ4v) is 3.26. The number of hydrogen-bond donors (Lipinski definition) is 0. The van der Waals surface area contributed by atoms with Crippen molar-refractivity contribution in [1.29, 1.82) is 0 Å². The molecule has 1 fully saturated rings. The van der Waals surface area contributed by atoms with Gasteiger partial charge in [-0.15, -0.1) is 0 Å².